The zero-order chi connectivity index (χ0) is 22.0. The minimum atomic E-state index is -0.483. The number of carbonyl (C=O) groups excluding carboxylic acids is 1. The van der Waals surface area contributed by atoms with Crippen molar-refractivity contribution in [1.82, 2.24) is 14.8 Å². The highest BCUT2D eigenvalue weighted by Gasteiger charge is 2.34. The molecule has 0 bridgehead atoms. The number of aromatic nitrogens is 3. The average molecular weight is 456 g/mol. The largest absolute Gasteiger partial charge is 0.495 e. The summed E-state index contributed by atoms with van der Waals surface area (Å²) in [7, 11) is 1.57. The highest BCUT2D eigenvalue weighted by Crippen LogP contribution is 2.37. The van der Waals surface area contributed by atoms with Crippen LogP contribution in [0.4, 0.5) is 11.6 Å². The van der Waals surface area contributed by atoms with Gasteiger partial charge in [-0.3, -0.25) is 4.79 Å². The van der Waals surface area contributed by atoms with E-state index in [9.17, 15) is 4.79 Å². The van der Waals surface area contributed by atoms with Crippen LogP contribution in [0.3, 0.4) is 0 Å². The molecule has 9 heteroatoms. The Kier molecular flexibility index (Phi) is 6.20. The third-order valence-electron chi connectivity index (χ3n) is 4.87. The van der Waals surface area contributed by atoms with Gasteiger partial charge in [-0.05, 0) is 42.5 Å². The first-order valence-corrected chi connectivity index (χ1v) is 11.1. The molecule has 1 atom stereocenters. The van der Waals surface area contributed by atoms with Crippen molar-refractivity contribution in [3.05, 3.63) is 70.4 Å². The molecule has 0 spiro atoms. The summed E-state index contributed by atoms with van der Waals surface area (Å²) in [6.45, 7) is 3.90. The van der Waals surface area contributed by atoms with Crippen LogP contribution in [0, 0.1) is 0 Å². The normalized spacial score (nSPS) is 15.3. The molecule has 1 aliphatic heterocycles. The summed E-state index contributed by atoms with van der Waals surface area (Å²) >= 11 is 7.82. The van der Waals surface area contributed by atoms with Crippen molar-refractivity contribution < 1.29 is 9.53 Å². The number of hydrogen-bond acceptors (Lipinski definition) is 6. The van der Waals surface area contributed by atoms with Gasteiger partial charge in [0.15, 0.2) is 0 Å². The third-order valence-corrected chi connectivity index (χ3v) is 5.83. The molecule has 0 radical (unpaired) electrons. The van der Waals surface area contributed by atoms with Crippen molar-refractivity contribution in [2.24, 2.45) is 0 Å². The number of para-hydroxylation sites is 2. The Morgan fingerprint density at radius 1 is 1.29 bits per heavy atom. The fourth-order valence-corrected chi connectivity index (χ4v) is 4.29. The minimum Gasteiger partial charge on any atom is -0.495 e. The second-order valence-electron chi connectivity index (χ2n) is 6.87. The van der Waals surface area contributed by atoms with E-state index in [-0.39, 0.29) is 5.91 Å². The first kappa shape index (κ1) is 21.3. The van der Waals surface area contributed by atoms with Gasteiger partial charge in [0.05, 0.1) is 18.4 Å². The number of nitrogens with zero attached hydrogens (tertiary/aromatic N) is 3. The number of rotatable bonds is 6. The van der Waals surface area contributed by atoms with Gasteiger partial charge in [0, 0.05) is 10.7 Å². The lowest BCUT2D eigenvalue weighted by Crippen LogP contribution is -2.31. The zero-order valence-corrected chi connectivity index (χ0v) is 18.9. The molecule has 0 fully saturated rings. The maximum atomic E-state index is 13.5. The molecule has 0 saturated heterocycles. The molecule has 2 aromatic carbocycles. The summed E-state index contributed by atoms with van der Waals surface area (Å²) in [6, 6.07) is 14.3. The van der Waals surface area contributed by atoms with E-state index in [0.717, 1.165) is 11.3 Å². The Labute approximate surface area is 189 Å². The van der Waals surface area contributed by atoms with Gasteiger partial charge in [-0.25, -0.2) is 4.68 Å². The van der Waals surface area contributed by atoms with Gasteiger partial charge in [-0.2, -0.15) is 4.98 Å². The first-order valence-electron chi connectivity index (χ1n) is 9.78. The number of methoxy groups -OCH3 is 1. The van der Waals surface area contributed by atoms with E-state index >= 15 is 0 Å². The minimum absolute atomic E-state index is 0.259. The molecule has 2 N–H and O–H groups in total. The predicted octanol–water partition coefficient (Wildman–Crippen LogP) is 4.98. The van der Waals surface area contributed by atoms with Crippen LogP contribution in [0.1, 0.15) is 25.5 Å². The summed E-state index contributed by atoms with van der Waals surface area (Å²) in [5, 5.41) is 12.1. The SMILES string of the molecule is CCSc1nc2n(n1)C(c1cccc(Cl)c1)C(C(=O)Nc1ccccc1OC)=C(C)N2. The highest BCUT2D eigenvalue weighted by atomic mass is 35.5. The Balaban J connectivity index is 1.79. The predicted molar refractivity (Wildman–Crippen MR) is 124 cm³/mol. The molecule has 1 aliphatic rings. The summed E-state index contributed by atoms with van der Waals surface area (Å²) in [6.07, 6.45) is 0. The number of ether oxygens (including phenoxy) is 1. The van der Waals surface area contributed by atoms with Gasteiger partial charge < -0.3 is 15.4 Å². The topological polar surface area (TPSA) is 81.1 Å². The number of allylic oxidation sites excluding steroid dienone is 1. The number of benzene rings is 2. The number of thioether (sulfide) groups is 1. The Hall–Kier alpha value is -2.97. The Bertz CT molecular complexity index is 1160. The smallest absolute Gasteiger partial charge is 0.255 e. The van der Waals surface area contributed by atoms with Crippen LogP contribution in [0.15, 0.2) is 65.0 Å². The van der Waals surface area contributed by atoms with Crippen molar-refractivity contribution in [2.75, 3.05) is 23.5 Å². The quantitative estimate of drug-likeness (QED) is 0.510. The van der Waals surface area contributed by atoms with E-state index in [1.54, 1.807) is 41.8 Å². The molecule has 1 unspecified atom stereocenters. The second kappa shape index (κ2) is 9.03. The fourth-order valence-electron chi connectivity index (χ4n) is 3.54. The number of halogens is 1. The molecular formula is C22H22ClN5O2S. The van der Waals surface area contributed by atoms with E-state index in [4.69, 9.17) is 16.3 Å². The lowest BCUT2D eigenvalue weighted by atomic mass is 9.95. The standard InChI is InChI=1S/C22H22ClN5O2S/c1-4-31-22-26-21-24-13(2)18(20(29)25-16-10-5-6-11-17(16)30-3)19(28(21)27-22)14-8-7-9-15(23)12-14/h5-12,19H,4H2,1-3H3,(H,25,29)(H,24,26,27). The molecule has 2 heterocycles. The van der Waals surface area contributed by atoms with Gasteiger partial charge in [0.2, 0.25) is 11.1 Å². The summed E-state index contributed by atoms with van der Waals surface area (Å²) in [4.78, 5) is 18.1. The van der Waals surface area contributed by atoms with Crippen LogP contribution < -0.4 is 15.4 Å². The molecule has 0 aliphatic carbocycles. The van der Waals surface area contributed by atoms with Crippen LogP contribution in [0.2, 0.25) is 5.02 Å². The lowest BCUT2D eigenvalue weighted by molar-refractivity contribution is -0.113. The molecular weight excluding hydrogens is 434 g/mol. The van der Waals surface area contributed by atoms with Gasteiger partial charge in [-0.1, -0.05) is 54.6 Å². The first-order chi connectivity index (χ1) is 15.0. The van der Waals surface area contributed by atoms with Crippen molar-refractivity contribution in [1.29, 1.82) is 0 Å². The number of anilines is 2. The van der Waals surface area contributed by atoms with Gasteiger partial charge in [-0.15, -0.1) is 5.10 Å². The molecule has 3 aromatic rings. The molecule has 7 nitrogen and oxygen atoms in total. The summed E-state index contributed by atoms with van der Waals surface area (Å²) in [5.41, 5.74) is 2.66. The van der Waals surface area contributed by atoms with Crippen molar-refractivity contribution in [3.63, 3.8) is 0 Å². The Morgan fingerprint density at radius 3 is 2.84 bits per heavy atom. The fraction of sp³-hybridized carbons (Fsp3) is 0.227. The van der Waals surface area contributed by atoms with Gasteiger partial charge in [0.25, 0.3) is 5.91 Å². The van der Waals surface area contributed by atoms with E-state index in [1.165, 1.54) is 0 Å². The van der Waals surface area contributed by atoms with E-state index < -0.39 is 6.04 Å². The van der Waals surface area contributed by atoms with E-state index in [1.807, 2.05) is 44.2 Å². The highest BCUT2D eigenvalue weighted by molar-refractivity contribution is 7.99. The van der Waals surface area contributed by atoms with Crippen LogP contribution in [0.25, 0.3) is 0 Å². The number of amides is 1. The number of hydrogen-bond donors (Lipinski definition) is 2. The van der Waals surface area contributed by atoms with Crippen molar-refractivity contribution in [2.45, 2.75) is 25.0 Å². The van der Waals surface area contributed by atoms with Crippen LogP contribution in [-0.4, -0.2) is 33.5 Å². The zero-order valence-electron chi connectivity index (χ0n) is 17.3. The van der Waals surface area contributed by atoms with Gasteiger partial charge >= 0.3 is 0 Å². The van der Waals surface area contributed by atoms with Crippen molar-refractivity contribution in [3.8, 4) is 5.75 Å². The molecule has 4 rings (SSSR count). The maximum Gasteiger partial charge on any atom is 0.255 e. The summed E-state index contributed by atoms with van der Waals surface area (Å²) in [5.74, 6) is 1.76. The Morgan fingerprint density at radius 2 is 2.10 bits per heavy atom. The molecule has 1 amide bonds. The molecule has 1 aromatic heterocycles. The molecule has 31 heavy (non-hydrogen) atoms. The molecule has 0 saturated carbocycles. The second-order valence-corrected chi connectivity index (χ2v) is 8.54. The number of fused-ring (bicyclic) bond motifs is 1. The third kappa shape index (κ3) is 4.26. The van der Waals surface area contributed by atoms with Crippen LogP contribution >= 0.6 is 23.4 Å². The maximum absolute atomic E-state index is 13.5. The number of carbonyl (C=O) groups is 1. The van der Waals surface area contributed by atoms with Crippen LogP contribution in [0.5, 0.6) is 5.75 Å². The average Bonchev–Trinajstić information content (AvgIpc) is 3.15. The van der Waals surface area contributed by atoms with Crippen molar-refractivity contribution >= 4 is 40.9 Å². The summed E-state index contributed by atoms with van der Waals surface area (Å²) < 4.78 is 7.12. The van der Waals surface area contributed by atoms with E-state index in [2.05, 4.69) is 20.7 Å². The lowest BCUT2D eigenvalue weighted by Gasteiger charge is -2.29. The van der Waals surface area contributed by atoms with Crippen LogP contribution in [-0.2, 0) is 4.79 Å². The molecule has 160 valence electrons. The van der Waals surface area contributed by atoms with Gasteiger partial charge in [0.1, 0.15) is 11.8 Å². The number of nitrogens with one attached hydrogen (secondary N) is 2. The van der Waals surface area contributed by atoms with E-state index in [0.29, 0.717) is 38.8 Å². The monoisotopic (exact) mass is 455 g/mol.